The van der Waals surface area contributed by atoms with Crippen molar-refractivity contribution in [3.8, 4) is 5.75 Å². The normalized spacial score (nSPS) is 14.6. The van der Waals surface area contributed by atoms with Gasteiger partial charge < -0.3 is 42.0 Å². The molecule has 3 rings (SSSR count). The van der Waals surface area contributed by atoms with Crippen molar-refractivity contribution in [3.63, 3.8) is 0 Å². The molecule has 0 aliphatic rings. The van der Waals surface area contributed by atoms with Gasteiger partial charge in [0.2, 0.25) is 17.7 Å². The average Bonchev–Trinajstić information content (AvgIpc) is 3.45. The van der Waals surface area contributed by atoms with Crippen LogP contribution in [-0.4, -0.2) is 79.2 Å². The van der Waals surface area contributed by atoms with Gasteiger partial charge in [0.05, 0.1) is 18.5 Å². The number of carboxylic acid groups (broad SMARTS) is 1. The highest BCUT2D eigenvalue weighted by molar-refractivity contribution is 5.94. The van der Waals surface area contributed by atoms with Gasteiger partial charge in [0.25, 0.3) is 0 Å². The molecule has 0 radical (unpaired) electrons. The summed E-state index contributed by atoms with van der Waals surface area (Å²) in [5.41, 5.74) is 7.93. The molecule has 5 atom stereocenters. The monoisotopic (exact) mass is 566 g/mol. The van der Waals surface area contributed by atoms with Gasteiger partial charge in [0, 0.05) is 24.7 Å². The van der Waals surface area contributed by atoms with E-state index in [2.05, 4.69) is 25.9 Å². The lowest BCUT2D eigenvalue weighted by Gasteiger charge is -2.26. The third kappa shape index (κ3) is 9.44. The Bertz CT molecular complexity index is 1300. The number of aliphatic hydroxyl groups excluding tert-OH is 1. The number of carboxylic acids is 1. The van der Waals surface area contributed by atoms with E-state index in [-0.39, 0.29) is 25.0 Å². The molecule has 5 unspecified atom stereocenters. The molecular formula is C28H34N6O7. The van der Waals surface area contributed by atoms with Crippen molar-refractivity contribution in [2.24, 2.45) is 5.73 Å². The van der Waals surface area contributed by atoms with Gasteiger partial charge in [-0.25, -0.2) is 9.78 Å². The molecule has 41 heavy (non-hydrogen) atoms. The second-order valence-electron chi connectivity index (χ2n) is 9.64. The third-order valence-electron chi connectivity index (χ3n) is 6.30. The topological polar surface area (TPSA) is 220 Å². The Labute approximate surface area is 236 Å². The number of nitrogens with two attached hydrogens (primary N) is 1. The molecular weight excluding hydrogens is 532 g/mol. The summed E-state index contributed by atoms with van der Waals surface area (Å²) >= 11 is 0. The van der Waals surface area contributed by atoms with Crippen LogP contribution < -0.4 is 21.7 Å². The molecule has 1 aromatic heterocycles. The number of phenolic OH excluding ortho intramolecular Hbond substituents is 1. The molecule has 0 saturated carbocycles. The summed E-state index contributed by atoms with van der Waals surface area (Å²) in [5, 5.41) is 36.8. The van der Waals surface area contributed by atoms with E-state index in [0.29, 0.717) is 16.8 Å². The summed E-state index contributed by atoms with van der Waals surface area (Å²) in [5.74, 6) is -3.59. The number of phenols is 1. The van der Waals surface area contributed by atoms with Gasteiger partial charge in [0.15, 0.2) is 0 Å². The van der Waals surface area contributed by atoms with Gasteiger partial charge in [-0.2, -0.15) is 0 Å². The largest absolute Gasteiger partial charge is 0.508 e. The number of aromatic nitrogens is 2. The second kappa shape index (κ2) is 14.6. The summed E-state index contributed by atoms with van der Waals surface area (Å²) in [6, 6.07) is 9.73. The Morgan fingerprint density at radius 1 is 0.854 bits per heavy atom. The molecule has 13 nitrogen and oxygen atoms in total. The number of rotatable bonds is 14. The first kappa shape index (κ1) is 30.8. The number of amides is 3. The Morgan fingerprint density at radius 2 is 1.49 bits per heavy atom. The number of aliphatic carboxylic acids is 1. The average molecular weight is 567 g/mol. The standard InChI is InChI=1S/C28H34N6O7/c1-16(35)24(27(39)33-23(28(40)41)12-17-5-3-2-4-6-17)34-26(38)22(13-19-14-30-15-31-19)32-25(37)21(29)11-18-7-9-20(36)10-8-18/h2-10,14-16,21-24,35-36H,11-13,29H2,1H3,(H,30,31)(H,32,37)(H,33,39)(H,34,38)(H,40,41). The smallest absolute Gasteiger partial charge is 0.326 e. The van der Waals surface area contributed by atoms with Crippen LogP contribution in [0.25, 0.3) is 0 Å². The highest BCUT2D eigenvalue weighted by Crippen LogP contribution is 2.11. The molecule has 13 heteroatoms. The fourth-order valence-corrected chi connectivity index (χ4v) is 4.05. The molecule has 9 N–H and O–H groups in total. The van der Waals surface area contributed by atoms with E-state index in [9.17, 15) is 34.5 Å². The first-order valence-corrected chi connectivity index (χ1v) is 12.9. The molecule has 0 fully saturated rings. The maximum Gasteiger partial charge on any atom is 0.326 e. The number of aromatic hydroxyl groups is 1. The van der Waals surface area contributed by atoms with Crippen LogP contribution in [0.4, 0.5) is 0 Å². The second-order valence-corrected chi connectivity index (χ2v) is 9.64. The van der Waals surface area contributed by atoms with Crippen molar-refractivity contribution >= 4 is 23.7 Å². The summed E-state index contributed by atoms with van der Waals surface area (Å²) in [6.07, 6.45) is 1.53. The lowest BCUT2D eigenvalue weighted by atomic mass is 10.0. The molecule has 3 amide bonds. The van der Waals surface area contributed by atoms with Crippen LogP contribution in [0.3, 0.4) is 0 Å². The van der Waals surface area contributed by atoms with Crippen molar-refractivity contribution in [2.75, 3.05) is 0 Å². The number of imidazole rings is 1. The van der Waals surface area contributed by atoms with Crippen molar-refractivity contribution < 1.29 is 34.5 Å². The van der Waals surface area contributed by atoms with E-state index >= 15 is 0 Å². The SMILES string of the molecule is CC(O)C(NC(=O)C(Cc1cnc[nH]1)NC(=O)C(N)Cc1ccc(O)cc1)C(=O)NC(Cc1ccccc1)C(=O)O. The number of H-pyrrole nitrogens is 1. The Balaban J connectivity index is 1.71. The first-order valence-electron chi connectivity index (χ1n) is 12.9. The molecule has 0 spiro atoms. The van der Waals surface area contributed by atoms with E-state index in [1.54, 1.807) is 42.5 Å². The maximum absolute atomic E-state index is 13.3. The summed E-state index contributed by atoms with van der Waals surface area (Å²) in [4.78, 5) is 57.8. The van der Waals surface area contributed by atoms with Crippen molar-refractivity contribution in [3.05, 3.63) is 83.9 Å². The van der Waals surface area contributed by atoms with Crippen molar-refractivity contribution in [1.82, 2.24) is 25.9 Å². The number of benzene rings is 2. The Kier molecular flexibility index (Phi) is 11.0. The molecule has 3 aromatic rings. The number of hydrogen-bond donors (Lipinski definition) is 8. The number of carbonyl (C=O) groups is 4. The Morgan fingerprint density at radius 3 is 2.07 bits per heavy atom. The molecule has 0 saturated heterocycles. The van der Waals surface area contributed by atoms with Crippen LogP contribution in [0.5, 0.6) is 5.75 Å². The summed E-state index contributed by atoms with van der Waals surface area (Å²) < 4.78 is 0. The highest BCUT2D eigenvalue weighted by Gasteiger charge is 2.33. The number of carbonyl (C=O) groups excluding carboxylic acids is 3. The van der Waals surface area contributed by atoms with Gasteiger partial charge in [-0.15, -0.1) is 0 Å². The minimum Gasteiger partial charge on any atom is -0.508 e. The molecule has 0 bridgehead atoms. The zero-order chi connectivity index (χ0) is 29.9. The number of aromatic amines is 1. The van der Waals surface area contributed by atoms with Crippen LogP contribution in [0.15, 0.2) is 67.1 Å². The Hall–Kier alpha value is -4.75. The van der Waals surface area contributed by atoms with Crippen molar-refractivity contribution in [2.45, 2.75) is 56.5 Å². The molecule has 2 aromatic carbocycles. The predicted molar refractivity (Wildman–Crippen MR) is 147 cm³/mol. The lowest BCUT2D eigenvalue weighted by molar-refractivity contribution is -0.143. The zero-order valence-electron chi connectivity index (χ0n) is 22.4. The highest BCUT2D eigenvalue weighted by atomic mass is 16.4. The minimum absolute atomic E-state index is 0.0141. The van der Waals surface area contributed by atoms with Gasteiger partial charge in [0.1, 0.15) is 23.9 Å². The summed E-state index contributed by atoms with van der Waals surface area (Å²) in [7, 11) is 0. The van der Waals surface area contributed by atoms with Gasteiger partial charge in [-0.05, 0) is 36.6 Å². The van der Waals surface area contributed by atoms with E-state index in [1.165, 1.54) is 31.6 Å². The third-order valence-corrected chi connectivity index (χ3v) is 6.30. The fourth-order valence-electron chi connectivity index (χ4n) is 4.05. The maximum atomic E-state index is 13.3. The number of nitrogens with one attached hydrogen (secondary N) is 4. The number of nitrogens with zero attached hydrogens (tertiary/aromatic N) is 1. The molecule has 0 aliphatic heterocycles. The van der Waals surface area contributed by atoms with Crippen molar-refractivity contribution in [1.29, 1.82) is 0 Å². The van der Waals surface area contributed by atoms with E-state index in [4.69, 9.17) is 5.73 Å². The fraction of sp³-hybridized carbons (Fsp3) is 0.321. The van der Waals surface area contributed by atoms with E-state index < -0.39 is 54.0 Å². The van der Waals surface area contributed by atoms with Crippen LogP contribution in [0, 0.1) is 0 Å². The van der Waals surface area contributed by atoms with E-state index in [1.807, 2.05) is 0 Å². The predicted octanol–water partition coefficient (Wildman–Crippen LogP) is -0.610. The number of aliphatic hydroxyl groups is 1. The van der Waals surface area contributed by atoms with Gasteiger partial charge in [-0.1, -0.05) is 42.5 Å². The summed E-state index contributed by atoms with van der Waals surface area (Å²) in [6.45, 7) is 1.27. The van der Waals surface area contributed by atoms with Crippen LogP contribution in [0.1, 0.15) is 23.7 Å². The van der Waals surface area contributed by atoms with Gasteiger partial charge >= 0.3 is 5.97 Å². The van der Waals surface area contributed by atoms with Crippen LogP contribution in [0.2, 0.25) is 0 Å². The zero-order valence-corrected chi connectivity index (χ0v) is 22.4. The van der Waals surface area contributed by atoms with Crippen LogP contribution in [-0.2, 0) is 38.4 Å². The van der Waals surface area contributed by atoms with Crippen LogP contribution >= 0.6 is 0 Å². The minimum atomic E-state index is -1.52. The molecule has 218 valence electrons. The number of hydrogen-bond acceptors (Lipinski definition) is 8. The van der Waals surface area contributed by atoms with Gasteiger partial charge in [-0.3, -0.25) is 14.4 Å². The lowest BCUT2D eigenvalue weighted by Crippen LogP contribution is -2.60. The van der Waals surface area contributed by atoms with E-state index in [0.717, 1.165) is 0 Å². The first-order chi connectivity index (χ1) is 19.5. The molecule has 1 heterocycles. The quantitative estimate of drug-likeness (QED) is 0.125. The molecule has 0 aliphatic carbocycles.